The van der Waals surface area contributed by atoms with E-state index >= 15 is 0 Å². The van der Waals surface area contributed by atoms with Gasteiger partial charge in [-0.25, -0.2) is 4.39 Å². The fourth-order valence-corrected chi connectivity index (χ4v) is 3.49. The molecule has 0 aliphatic carbocycles. The average Bonchev–Trinajstić information content (AvgIpc) is 2.55. The van der Waals surface area contributed by atoms with E-state index in [0.717, 1.165) is 31.0 Å². The van der Waals surface area contributed by atoms with Gasteiger partial charge in [0, 0.05) is 23.1 Å². The number of hydrogen-bond acceptors (Lipinski definition) is 3. The molecule has 0 radical (unpaired) electrons. The number of benzene rings is 1. The molecule has 1 aliphatic rings. The number of halogens is 1. The highest BCUT2D eigenvalue weighted by Crippen LogP contribution is 2.21. The van der Waals surface area contributed by atoms with Gasteiger partial charge in [0.1, 0.15) is 5.82 Å². The fraction of sp³-hybridized carbons (Fsp3) is 0.588. The molecule has 0 spiro atoms. The molecular formula is C17H25FN2OS. The first kappa shape index (κ1) is 17.3. The summed E-state index contributed by atoms with van der Waals surface area (Å²) < 4.78 is 12.8. The second-order valence-electron chi connectivity index (χ2n) is 5.96. The van der Waals surface area contributed by atoms with E-state index in [-0.39, 0.29) is 17.6 Å². The minimum atomic E-state index is -0.229. The van der Waals surface area contributed by atoms with Gasteiger partial charge in [-0.2, -0.15) is 0 Å². The van der Waals surface area contributed by atoms with Gasteiger partial charge in [-0.15, -0.1) is 11.8 Å². The van der Waals surface area contributed by atoms with Gasteiger partial charge in [-0.1, -0.05) is 6.92 Å². The number of carbonyl (C=O) groups excluding carboxylic acids is 1. The SMILES string of the molecule is CC(CSc1ccc(F)cc1)C(=O)NCCC1CCCNC1. The fourth-order valence-electron chi connectivity index (χ4n) is 2.57. The monoisotopic (exact) mass is 324 g/mol. The van der Waals surface area contributed by atoms with E-state index in [0.29, 0.717) is 11.7 Å². The number of thioether (sulfide) groups is 1. The molecule has 2 atom stereocenters. The molecule has 2 N–H and O–H groups in total. The van der Waals surface area contributed by atoms with E-state index in [9.17, 15) is 9.18 Å². The Morgan fingerprint density at radius 3 is 2.91 bits per heavy atom. The molecule has 0 aromatic heterocycles. The average molecular weight is 324 g/mol. The number of rotatable bonds is 7. The van der Waals surface area contributed by atoms with Crippen LogP contribution in [-0.4, -0.2) is 31.3 Å². The maximum Gasteiger partial charge on any atom is 0.223 e. The predicted octanol–water partition coefficient (Wildman–Crippen LogP) is 3.06. The summed E-state index contributed by atoms with van der Waals surface area (Å²) in [5, 5.41) is 6.43. The number of hydrogen-bond donors (Lipinski definition) is 2. The van der Waals surface area contributed by atoms with Crippen LogP contribution >= 0.6 is 11.8 Å². The Balaban J connectivity index is 1.62. The van der Waals surface area contributed by atoms with E-state index in [1.807, 2.05) is 6.92 Å². The Hall–Kier alpha value is -1.07. The Labute approximate surface area is 136 Å². The van der Waals surface area contributed by atoms with Crippen LogP contribution in [0, 0.1) is 17.7 Å². The van der Waals surface area contributed by atoms with E-state index in [2.05, 4.69) is 10.6 Å². The largest absolute Gasteiger partial charge is 0.356 e. The molecule has 1 aromatic rings. The van der Waals surface area contributed by atoms with Crippen LogP contribution in [-0.2, 0) is 4.79 Å². The molecule has 5 heteroatoms. The highest BCUT2D eigenvalue weighted by atomic mass is 32.2. The normalized spacial score (nSPS) is 19.6. The first-order valence-corrected chi connectivity index (χ1v) is 9.00. The minimum absolute atomic E-state index is 0.0421. The van der Waals surface area contributed by atoms with Crippen LogP contribution in [0.1, 0.15) is 26.2 Å². The van der Waals surface area contributed by atoms with Gasteiger partial charge >= 0.3 is 0 Å². The molecule has 1 amide bonds. The molecule has 1 aliphatic heterocycles. The Morgan fingerprint density at radius 2 is 2.23 bits per heavy atom. The van der Waals surface area contributed by atoms with Gasteiger partial charge < -0.3 is 10.6 Å². The van der Waals surface area contributed by atoms with Gasteiger partial charge in [0.05, 0.1) is 0 Å². The van der Waals surface area contributed by atoms with E-state index in [4.69, 9.17) is 0 Å². The summed E-state index contributed by atoms with van der Waals surface area (Å²) >= 11 is 1.59. The van der Waals surface area contributed by atoms with Crippen LogP contribution < -0.4 is 10.6 Å². The Bertz CT molecular complexity index is 460. The van der Waals surface area contributed by atoms with E-state index in [1.54, 1.807) is 23.9 Å². The van der Waals surface area contributed by atoms with Crippen molar-refractivity contribution in [1.82, 2.24) is 10.6 Å². The first-order valence-electron chi connectivity index (χ1n) is 8.02. The predicted molar refractivity (Wildman–Crippen MR) is 89.5 cm³/mol. The Kier molecular flexibility index (Phi) is 7.19. The third kappa shape index (κ3) is 5.97. The summed E-state index contributed by atoms with van der Waals surface area (Å²) in [6.45, 7) is 4.90. The number of amides is 1. The maximum atomic E-state index is 12.8. The third-order valence-electron chi connectivity index (χ3n) is 4.01. The molecule has 3 nitrogen and oxygen atoms in total. The molecule has 1 saturated heterocycles. The number of piperidine rings is 1. The van der Waals surface area contributed by atoms with Crippen molar-refractivity contribution in [3.05, 3.63) is 30.1 Å². The second-order valence-corrected chi connectivity index (χ2v) is 7.05. The molecule has 1 heterocycles. The lowest BCUT2D eigenvalue weighted by Gasteiger charge is -2.23. The minimum Gasteiger partial charge on any atom is -0.356 e. The van der Waals surface area contributed by atoms with Gasteiger partial charge in [0.25, 0.3) is 0 Å². The zero-order chi connectivity index (χ0) is 15.8. The summed E-state index contributed by atoms with van der Waals surface area (Å²) in [5.41, 5.74) is 0. The van der Waals surface area contributed by atoms with Gasteiger partial charge in [-0.05, 0) is 62.5 Å². The lowest BCUT2D eigenvalue weighted by Crippen LogP contribution is -2.35. The van der Waals surface area contributed by atoms with Crippen LogP contribution in [0.3, 0.4) is 0 Å². The highest BCUT2D eigenvalue weighted by molar-refractivity contribution is 7.99. The van der Waals surface area contributed by atoms with Crippen molar-refractivity contribution in [2.45, 2.75) is 31.1 Å². The lowest BCUT2D eigenvalue weighted by molar-refractivity contribution is -0.123. The molecule has 2 unspecified atom stereocenters. The lowest BCUT2D eigenvalue weighted by atomic mass is 9.96. The standard InChI is InChI=1S/C17H25FN2OS/c1-13(12-22-16-6-4-15(18)5-7-16)17(21)20-10-8-14-3-2-9-19-11-14/h4-7,13-14,19H,2-3,8-12H2,1H3,(H,20,21). The van der Waals surface area contributed by atoms with Gasteiger partial charge in [0.15, 0.2) is 0 Å². The van der Waals surface area contributed by atoms with Crippen molar-refractivity contribution in [2.24, 2.45) is 11.8 Å². The molecule has 2 rings (SSSR count). The van der Waals surface area contributed by atoms with Crippen molar-refractivity contribution in [3.63, 3.8) is 0 Å². The molecule has 22 heavy (non-hydrogen) atoms. The summed E-state index contributed by atoms with van der Waals surface area (Å²) in [5.74, 6) is 1.24. The third-order valence-corrected chi connectivity index (χ3v) is 5.28. The first-order chi connectivity index (χ1) is 10.6. The molecule has 1 aromatic carbocycles. The second kappa shape index (κ2) is 9.16. The van der Waals surface area contributed by atoms with Crippen molar-refractivity contribution >= 4 is 17.7 Å². The van der Waals surface area contributed by atoms with Crippen molar-refractivity contribution in [1.29, 1.82) is 0 Å². The molecule has 1 fully saturated rings. The highest BCUT2D eigenvalue weighted by Gasteiger charge is 2.15. The summed E-state index contributed by atoms with van der Waals surface area (Å²) in [6, 6.07) is 6.40. The number of carbonyl (C=O) groups is 1. The molecular weight excluding hydrogens is 299 g/mol. The zero-order valence-corrected chi connectivity index (χ0v) is 13.9. The van der Waals surface area contributed by atoms with Crippen LogP contribution in [0.5, 0.6) is 0 Å². The van der Waals surface area contributed by atoms with Crippen LogP contribution in [0.15, 0.2) is 29.2 Å². The smallest absolute Gasteiger partial charge is 0.223 e. The Morgan fingerprint density at radius 1 is 1.45 bits per heavy atom. The van der Waals surface area contributed by atoms with Crippen LogP contribution in [0.2, 0.25) is 0 Å². The van der Waals surface area contributed by atoms with Gasteiger partial charge in [-0.3, -0.25) is 4.79 Å². The van der Waals surface area contributed by atoms with Crippen molar-refractivity contribution < 1.29 is 9.18 Å². The quantitative estimate of drug-likeness (QED) is 0.758. The molecule has 0 bridgehead atoms. The number of nitrogens with one attached hydrogen (secondary N) is 2. The maximum absolute atomic E-state index is 12.8. The summed E-state index contributed by atoms with van der Waals surface area (Å²) in [6.07, 6.45) is 3.55. The topological polar surface area (TPSA) is 41.1 Å². The van der Waals surface area contributed by atoms with Crippen LogP contribution in [0.4, 0.5) is 4.39 Å². The van der Waals surface area contributed by atoms with Crippen molar-refractivity contribution in [2.75, 3.05) is 25.4 Å². The van der Waals surface area contributed by atoms with E-state index < -0.39 is 0 Å². The van der Waals surface area contributed by atoms with E-state index in [1.165, 1.54) is 25.0 Å². The van der Waals surface area contributed by atoms with Crippen LogP contribution in [0.25, 0.3) is 0 Å². The van der Waals surface area contributed by atoms with Gasteiger partial charge in [0.2, 0.25) is 5.91 Å². The zero-order valence-electron chi connectivity index (χ0n) is 13.1. The summed E-state index contributed by atoms with van der Waals surface area (Å²) in [4.78, 5) is 13.1. The molecule has 122 valence electrons. The molecule has 0 saturated carbocycles. The summed E-state index contributed by atoms with van der Waals surface area (Å²) in [7, 11) is 0. The van der Waals surface area contributed by atoms with Crippen molar-refractivity contribution in [3.8, 4) is 0 Å².